The van der Waals surface area contributed by atoms with Crippen molar-refractivity contribution in [3.63, 3.8) is 0 Å². The van der Waals surface area contributed by atoms with Crippen LogP contribution >= 0.6 is 0 Å². The molecule has 0 aromatic rings. The van der Waals surface area contributed by atoms with Gasteiger partial charge in [-0.3, -0.25) is 0 Å². The summed E-state index contributed by atoms with van der Waals surface area (Å²) in [6.07, 6.45) is 19.0. The maximum atomic E-state index is 9.88. The molecule has 0 saturated heterocycles. The molecule has 0 aliphatic rings. The predicted octanol–water partition coefficient (Wildman–Crippen LogP) is 5.13. The Bertz CT molecular complexity index is 280. The van der Waals surface area contributed by atoms with E-state index in [0.29, 0.717) is 6.42 Å². The average Bonchev–Trinajstić information content (AvgIpc) is 2.61. The SMILES string of the molecule is C=CC(O)(CO)C(O)CCCCCCCCCCCCCCCC. The maximum Gasteiger partial charge on any atom is 0.131 e. The van der Waals surface area contributed by atoms with Crippen molar-refractivity contribution in [1.82, 2.24) is 0 Å². The third kappa shape index (κ3) is 12.0. The molecule has 3 heteroatoms. The van der Waals surface area contributed by atoms with E-state index >= 15 is 0 Å². The molecule has 0 fully saturated rings. The van der Waals surface area contributed by atoms with Gasteiger partial charge in [0.1, 0.15) is 5.60 Å². The quantitative estimate of drug-likeness (QED) is 0.239. The lowest BCUT2D eigenvalue weighted by Crippen LogP contribution is -2.43. The molecule has 0 amide bonds. The minimum Gasteiger partial charge on any atom is -0.393 e. The molecule has 2 unspecified atom stereocenters. The normalized spacial score (nSPS) is 15.2. The summed E-state index contributed by atoms with van der Waals surface area (Å²) in [5.74, 6) is 0. The Morgan fingerprint density at radius 2 is 1.17 bits per heavy atom. The van der Waals surface area contributed by atoms with Crippen LogP contribution in [0.1, 0.15) is 103 Å². The van der Waals surface area contributed by atoms with Crippen molar-refractivity contribution >= 4 is 0 Å². The summed E-state index contributed by atoms with van der Waals surface area (Å²) >= 11 is 0. The first-order valence-electron chi connectivity index (χ1n) is 10.3. The Balaban J connectivity index is 3.30. The van der Waals surface area contributed by atoms with Crippen molar-refractivity contribution in [3.05, 3.63) is 12.7 Å². The molecule has 0 radical (unpaired) electrons. The van der Waals surface area contributed by atoms with Gasteiger partial charge in [0.15, 0.2) is 0 Å². The van der Waals surface area contributed by atoms with E-state index in [1.165, 1.54) is 83.1 Å². The molecule has 0 aromatic heterocycles. The van der Waals surface area contributed by atoms with E-state index in [-0.39, 0.29) is 0 Å². The van der Waals surface area contributed by atoms with Gasteiger partial charge in [0.25, 0.3) is 0 Å². The maximum absolute atomic E-state index is 9.88. The molecule has 0 rings (SSSR count). The van der Waals surface area contributed by atoms with Crippen LogP contribution in [0.5, 0.6) is 0 Å². The van der Waals surface area contributed by atoms with E-state index in [2.05, 4.69) is 13.5 Å². The van der Waals surface area contributed by atoms with Crippen molar-refractivity contribution in [1.29, 1.82) is 0 Å². The van der Waals surface area contributed by atoms with Crippen molar-refractivity contribution in [2.24, 2.45) is 0 Å². The highest BCUT2D eigenvalue weighted by Crippen LogP contribution is 2.18. The minimum atomic E-state index is -1.55. The lowest BCUT2D eigenvalue weighted by atomic mass is 9.93. The smallest absolute Gasteiger partial charge is 0.131 e. The summed E-state index contributed by atoms with van der Waals surface area (Å²) in [7, 11) is 0. The molecule has 0 aliphatic heterocycles. The van der Waals surface area contributed by atoms with Crippen LogP contribution < -0.4 is 0 Å². The van der Waals surface area contributed by atoms with Gasteiger partial charge in [-0.2, -0.15) is 0 Å². The lowest BCUT2D eigenvalue weighted by Gasteiger charge is -2.27. The second-order valence-corrected chi connectivity index (χ2v) is 7.25. The highest BCUT2D eigenvalue weighted by atomic mass is 16.4. The molecule has 3 N–H and O–H groups in total. The monoisotopic (exact) mass is 342 g/mol. The van der Waals surface area contributed by atoms with Gasteiger partial charge in [-0.1, -0.05) is 103 Å². The zero-order chi connectivity index (χ0) is 18.1. The fourth-order valence-electron chi connectivity index (χ4n) is 3.09. The zero-order valence-electron chi connectivity index (χ0n) is 16.0. The summed E-state index contributed by atoms with van der Waals surface area (Å²) in [5.41, 5.74) is -1.55. The number of hydrogen-bond acceptors (Lipinski definition) is 3. The van der Waals surface area contributed by atoms with Crippen LogP contribution in [0.2, 0.25) is 0 Å². The first-order chi connectivity index (χ1) is 11.6. The molecule has 0 saturated carbocycles. The summed E-state index contributed by atoms with van der Waals surface area (Å²) in [6, 6.07) is 0. The second-order valence-electron chi connectivity index (χ2n) is 7.25. The zero-order valence-corrected chi connectivity index (χ0v) is 16.0. The molecular formula is C21H42O3. The van der Waals surface area contributed by atoms with E-state index in [1.54, 1.807) is 0 Å². The van der Waals surface area contributed by atoms with Gasteiger partial charge in [-0.05, 0) is 6.42 Å². The fraction of sp³-hybridized carbons (Fsp3) is 0.905. The predicted molar refractivity (Wildman–Crippen MR) is 103 cm³/mol. The Hall–Kier alpha value is -0.380. The number of hydrogen-bond donors (Lipinski definition) is 3. The summed E-state index contributed by atoms with van der Waals surface area (Å²) < 4.78 is 0. The Morgan fingerprint density at radius 3 is 1.50 bits per heavy atom. The summed E-state index contributed by atoms with van der Waals surface area (Å²) in [5, 5.41) is 28.9. The Morgan fingerprint density at radius 1 is 0.792 bits per heavy atom. The largest absolute Gasteiger partial charge is 0.393 e. The first-order valence-corrected chi connectivity index (χ1v) is 10.3. The highest BCUT2D eigenvalue weighted by molar-refractivity contribution is 5.00. The van der Waals surface area contributed by atoms with Crippen LogP contribution in [-0.4, -0.2) is 33.6 Å². The fourth-order valence-corrected chi connectivity index (χ4v) is 3.09. The Labute approximate surface area is 150 Å². The van der Waals surface area contributed by atoms with Crippen LogP contribution in [0.4, 0.5) is 0 Å². The summed E-state index contributed by atoms with van der Waals surface area (Å²) in [4.78, 5) is 0. The van der Waals surface area contributed by atoms with Gasteiger partial charge in [-0.15, -0.1) is 6.58 Å². The number of rotatable bonds is 18. The van der Waals surface area contributed by atoms with Crippen LogP contribution in [0, 0.1) is 0 Å². The van der Waals surface area contributed by atoms with Crippen molar-refractivity contribution < 1.29 is 15.3 Å². The molecular weight excluding hydrogens is 300 g/mol. The first kappa shape index (κ1) is 23.6. The number of aliphatic hydroxyl groups excluding tert-OH is 2. The molecule has 0 bridgehead atoms. The van der Waals surface area contributed by atoms with E-state index in [4.69, 9.17) is 5.11 Å². The van der Waals surface area contributed by atoms with Gasteiger partial charge >= 0.3 is 0 Å². The molecule has 0 heterocycles. The van der Waals surface area contributed by atoms with Crippen LogP contribution in [0.25, 0.3) is 0 Å². The Kier molecular flexibility index (Phi) is 15.9. The van der Waals surface area contributed by atoms with E-state index in [1.807, 2.05) is 0 Å². The molecule has 0 aliphatic carbocycles. The van der Waals surface area contributed by atoms with Gasteiger partial charge in [0.2, 0.25) is 0 Å². The third-order valence-corrected chi connectivity index (χ3v) is 5.01. The molecule has 144 valence electrons. The van der Waals surface area contributed by atoms with Gasteiger partial charge < -0.3 is 15.3 Å². The molecule has 3 nitrogen and oxygen atoms in total. The highest BCUT2D eigenvalue weighted by Gasteiger charge is 2.30. The second kappa shape index (κ2) is 16.1. The number of unbranched alkanes of at least 4 members (excludes halogenated alkanes) is 13. The van der Waals surface area contributed by atoms with Crippen molar-refractivity contribution in [2.75, 3.05) is 6.61 Å². The van der Waals surface area contributed by atoms with Gasteiger partial charge in [0.05, 0.1) is 12.7 Å². The average molecular weight is 343 g/mol. The van der Waals surface area contributed by atoms with Crippen LogP contribution in [-0.2, 0) is 0 Å². The molecule has 0 aromatic carbocycles. The van der Waals surface area contributed by atoms with Crippen LogP contribution in [0.15, 0.2) is 12.7 Å². The minimum absolute atomic E-state index is 0.476. The standard InChI is InChI=1S/C21H42O3/c1-3-5-6-7-8-9-10-11-12-13-14-15-16-17-18-20(23)21(24,4-2)19-22/h4,20,22-24H,2-3,5-19H2,1H3. The molecule has 24 heavy (non-hydrogen) atoms. The van der Waals surface area contributed by atoms with Gasteiger partial charge in [-0.25, -0.2) is 0 Å². The topological polar surface area (TPSA) is 60.7 Å². The van der Waals surface area contributed by atoms with Crippen molar-refractivity contribution in [2.45, 2.75) is 115 Å². The molecule has 2 atom stereocenters. The summed E-state index contributed by atoms with van der Waals surface area (Å²) in [6.45, 7) is 5.26. The van der Waals surface area contributed by atoms with Gasteiger partial charge in [0, 0.05) is 0 Å². The molecule has 0 spiro atoms. The van der Waals surface area contributed by atoms with E-state index in [9.17, 15) is 10.2 Å². The third-order valence-electron chi connectivity index (χ3n) is 5.01. The van der Waals surface area contributed by atoms with Crippen LogP contribution in [0.3, 0.4) is 0 Å². The van der Waals surface area contributed by atoms with E-state index < -0.39 is 18.3 Å². The number of aliphatic hydroxyl groups is 3. The van der Waals surface area contributed by atoms with Crippen molar-refractivity contribution in [3.8, 4) is 0 Å². The van der Waals surface area contributed by atoms with E-state index in [0.717, 1.165) is 12.8 Å². The lowest BCUT2D eigenvalue weighted by molar-refractivity contribution is -0.0743.